The summed E-state index contributed by atoms with van der Waals surface area (Å²) in [7, 11) is 6.76. The first-order valence-electron chi connectivity index (χ1n) is 9.06. The topological polar surface area (TPSA) is 76.2 Å². The molecule has 1 aromatic carbocycles. The summed E-state index contributed by atoms with van der Waals surface area (Å²) in [5.41, 5.74) is 1.32. The molecule has 0 saturated carbocycles. The van der Waals surface area contributed by atoms with E-state index in [1.165, 1.54) is 0 Å². The second kappa shape index (κ2) is 8.79. The number of nitrogens with zero attached hydrogens (tertiary/aromatic N) is 3. The molecule has 0 bridgehead atoms. The van der Waals surface area contributed by atoms with Gasteiger partial charge < -0.3 is 29.3 Å². The number of carbonyl (C=O) groups is 1. The van der Waals surface area contributed by atoms with Crippen LogP contribution in [0.5, 0.6) is 17.2 Å². The maximum Gasteiger partial charge on any atom is 0.255 e. The Labute approximate surface area is 165 Å². The van der Waals surface area contributed by atoms with Crippen LogP contribution in [0.25, 0.3) is 0 Å². The number of benzene rings is 1. The number of aromatic nitrogens is 1. The quantitative estimate of drug-likeness (QED) is 0.816. The summed E-state index contributed by atoms with van der Waals surface area (Å²) in [6, 6.07) is 7.17. The van der Waals surface area contributed by atoms with Gasteiger partial charge in [0.15, 0.2) is 11.5 Å². The Kier molecular flexibility index (Phi) is 6.20. The Hall–Kier alpha value is -3.00. The lowest BCUT2D eigenvalue weighted by molar-refractivity contribution is 0.0663. The molecule has 1 N–H and O–H groups in total. The second-order valence-corrected chi connectivity index (χ2v) is 6.57. The number of anilines is 2. The minimum Gasteiger partial charge on any atom is -0.493 e. The minimum atomic E-state index is 0.0138. The Morgan fingerprint density at radius 2 is 1.64 bits per heavy atom. The predicted octanol–water partition coefficient (Wildman–Crippen LogP) is 2.24. The number of hydrogen-bond donors (Lipinski definition) is 1. The average Bonchev–Trinajstić information content (AvgIpc) is 2.73. The highest BCUT2D eigenvalue weighted by Crippen LogP contribution is 2.40. The van der Waals surface area contributed by atoms with Crippen molar-refractivity contribution in [2.45, 2.75) is 0 Å². The Morgan fingerprint density at radius 3 is 2.14 bits per heavy atom. The van der Waals surface area contributed by atoms with E-state index >= 15 is 0 Å². The number of carbonyl (C=O) groups excluding carboxylic acids is 1. The second-order valence-electron chi connectivity index (χ2n) is 6.57. The number of methoxy groups -OCH3 is 3. The van der Waals surface area contributed by atoms with Crippen LogP contribution in [0, 0.1) is 0 Å². The van der Waals surface area contributed by atoms with E-state index in [0.29, 0.717) is 28.6 Å². The lowest BCUT2D eigenvalue weighted by Gasteiger charge is -2.32. The highest BCUT2D eigenvalue weighted by molar-refractivity contribution is 5.94. The van der Waals surface area contributed by atoms with Gasteiger partial charge in [-0.25, -0.2) is 4.98 Å². The number of piperazine rings is 1. The lowest BCUT2D eigenvalue weighted by atomic mass is 10.2. The molecule has 28 heavy (non-hydrogen) atoms. The number of ether oxygens (including phenoxy) is 3. The molecule has 150 valence electrons. The Balaban J connectivity index is 1.73. The van der Waals surface area contributed by atoms with Crippen LogP contribution >= 0.6 is 0 Å². The van der Waals surface area contributed by atoms with Gasteiger partial charge in [0.05, 0.1) is 26.9 Å². The summed E-state index contributed by atoms with van der Waals surface area (Å²) in [6.45, 7) is 3.25. The third kappa shape index (κ3) is 4.28. The van der Waals surface area contributed by atoms with Crippen molar-refractivity contribution in [3.05, 3.63) is 36.0 Å². The third-order valence-corrected chi connectivity index (χ3v) is 4.74. The maximum atomic E-state index is 12.6. The summed E-state index contributed by atoms with van der Waals surface area (Å²) in [6.07, 6.45) is 1.60. The van der Waals surface area contributed by atoms with Gasteiger partial charge in [0.2, 0.25) is 5.75 Å². The van der Waals surface area contributed by atoms with Crippen LogP contribution in [0.3, 0.4) is 0 Å². The number of pyridine rings is 1. The van der Waals surface area contributed by atoms with E-state index in [4.69, 9.17) is 14.2 Å². The number of likely N-dealkylation sites (N-methyl/N-ethyl adjacent to an activating group) is 1. The zero-order valence-corrected chi connectivity index (χ0v) is 16.7. The Bertz CT molecular complexity index is 792. The van der Waals surface area contributed by atoms with Gasteiger partial charge in [0.1, 0.15) is 5.82 Å². The molecular formula is C20H26N4O4. The van der Waals surface area contributed by atoms with Crippen molar-refractivity contribution in [3.63, 3.8) is 0 Å². The van der Waals surface area contributed by atoms with Crippen LogP contribution in [0.1, 0.15) is 10.4 Å². The van der Waals surface area contributed by atoms with Crippen LogP contribution in [0.2, 0.25) is 0 Å². The molecule has 1 aliphatic heterocycles. The smallest absolute Gasteiger partial charge is 0.255 e. The van der Waals surface area contributed by atoms with Crippen LogP contribution in [0.15, 0.2) is 30.5 Å². The van der Waals surface area contributed by atoms with E-state index in [2.05, 4.69) is 22.2 Å². The van der Waals surface area contributed by atoms with Gasteiger partial charge in [-0.15, -0.1) is 0 Å². The van der Waals surface area contributed by atoms with E-state index < -0.39 is 0 Å². The highest BCUT2D eigenvalue weighted by Gasteiger charge is 2.20. The molecule has 1 fully saturated rings. The fraction of sp³-hybridized carbons (Fsp3) is 0.400. The van der Waals surface area contributed by atoms with Crippen LogP contribution in [-0.2, 0) is 0 Å². The van der Waals surface area contributed by atoms with Crippen molar-refractivity contribution < 1.29 is 19.0 Å². The number of nitrogens with one attached hydrogen (secondary N) is 1. The molecule has 0 atom stereocenters. The van der Waals surface area contributed by atoms with Crippen LogP contribution < -0.4 is 19.5 Å². The van der Waals surface area contributed by atoms with E-state index in [1.807, 2.05) is 4.90 Å². The highest BCUT2D eigenvalue weighted by atomic mass is 16.5. The molecular weight excluding hydrogens is 360 g/mol. The summed E-state index contributed by atoms with van der Waals surface area (Å²) in [5.74, 6) is 2.25. The van der Waals surface area contributed by atoms with E-state index in [0.717, 1.165) is 31.9 Å². The first-order chi connectivity index (χ1) is 13.5. The number of amides is 1. The fourth-order valence-corrected chi connectivity index (χ4v) is 3.09. The zero-order chi connectivity index (χ0) is 20.1. The number of rotatable bonds is 6. The molecule has 0 radical (unpaired) electrons. The first kappa shape index (κ1) is 19.8. The summed E-state index contributed by atoms with van der Waals surface area (Å²) in [5, 5.41) is 3.20. The molecule has 1 aliphatic rings. The minimum absolute atomic E-state index is 0.0138. The van der Waals surface area contributed by atoms with Gasteiger partial charge in [-0.2, -0.15) is 0 Å². The predicted molar refractivity (Wildman–Crippen MR) is 107 cm³/mol. The van der Waals surface area contributed by atoms with Gasteiger partial charge in [-0.1, -0.05) is 0 Å². The van der Waals surface area contributed by atoms with Crippen molar-refractivity contribution in [3.8, 4) is 17.2 Å². The van der Waals surface area contributed by atoms with Gasteiger partial charge >= 0.3 is 0 Å². The van der Waals surface area contributed by atoms with E-state index in [1.54, 1.807) is 51.8 Å². The molecule has 1 aromatic heterocycles. The molecule has 8 heteroatoms. The number of hydrogen-bond acceptors (Lipinski definition) is 7. The van der Waals surface area contributed by atoms with Gasteiger partial charge in [-0.3, -0.25) is 4.79 Å². The molecule has 1 saturated heterocycles. The Morgan fingerprint density at radius 1 is 1.00 bits per heavy atom. The fourth-order valence-electron chi connectivity index (χ4n) is 3.09. The molecule has 1 amide bonds. The molecule has 2 heterocycles. The van der Waals surface area contributed by atoms with Crippen molar-refractivity contribution in [1.29, 1.82) is 0 Å². The van der Waals surface area contributed by atoms with E-state index in [-0.39, 0.29) is 5.91 Å². The molecule has 3 rings (SSSR count). The van der Waals surface area contributed by atoms with Crippen molar-refractivity contribution in [2.75, 3.05) is 59.9 Å². The molecule has 0 aliphatic carbocycles. The molecule has 8 nitrogen and oxygen atoms in total. The van der Waals surface area contributed by atoms with Gasteiger partial charge in [0.25, 0.3) is 5.91 Å². The normalized spacial score (nSPS) is 14.5. The van der Waals surface area contributed by atoms with Crippen LogP contribution in [-0.4, -0.2) is 75.2 Å². The first-order valence-corrected chi connectivity index (χ1v) is 9.06. The summed E-state index contributed by atoms with van der Waals surface area (Å²) < 4.78 is 16.1. The largest absolute Gasteiger partial charge is 0.493 e. The van der Waals surface area contributed by atoms with Crippen molar-refractivity contribution in [1.82, 2.24) is 14.8 Å². The van der Waals surface area contributed by atoms with Gasteiger partial charge in [-0.05, 0) is 19.2 Å². The molecule has 2 aromatic rings. The zero-order valence-electron chi connectivity index (χ0n) is 16.7. The van der Waals surface area contributed by atoms with Crippen LogP contribution in [0.4, 0.5) is 11.5 Å². The van der Waals surface area contributed by atoms with Gasteiger partial charge in [0, 0.05) is 50.2 Å². The lowest BCUT2D eigenvalue weighted by Crippen LogP contribution is -2.47. The van der Waals surface area contributed by atoms with Crippen molar-refractivity contribution in [2.24, 2.45) is 0 Å². The standard InChI is InChI=1S/C20H26N4O4/c1-23-7-9-24(10-8-23)20(25)14-5-6-18(21-13-14)22-15-11-16(26-2)19(28-4)17(12-15)27-3/h5-6,11-13H,7-10H2,1-4H3,(H,21,22). The summed E-state index contributed by atoms with van der Waals surface area (Å²) >= 11 is 0. The maximum absolute atomic E-state index is 12.6. The monoisotopic (exact) mass is 386 g/mol. The summed E-state index contributed by atoms with van der Waals surface area (Å²) in [4.78, 5) is 21.1. The van der Waals surface area contributed by atoms with E-state index in [9.17, 15) is 4.79 Å². The molecule has 0 unspecified atom stereocenters. The average molecular weight is 386 g/mol. The van der Waals surface area contributed by atoms with Crippen molar-refractivity contribution >= 4 is 17.4 Å². The third-order valence-electron chi connectivity index (χ3n) is 4.74. The SMILES string of the molecule is COc1cc(Nc2ccc(C(=O)N3CCN(C)CC3)cn2)cc(OC)c1OC. The molecule has 0 spiro atoms.